The summed E-state index contributed by atoms with van der Waals surface area (Å²) in [5.74, 6) is 0.713. The van der Waals surface area contributed by atoms with Crippen LogP contribution in [0.4, 0.5) is 5.82 Å². The Hall–Kier alpha value is -1.88. The van der Waals surface area contributed by atoms with Gasteiger partial charge in [0.25, 0.3) is 5.91 Å². The van der Waals surface area contributed by atoms with Gasteiger partial charge in [-0.05, 0) is 36.9 Å². The smallest absolute Gasteiger partial charge is 0.252 e. The first kappa shape index (κ1) is 13.5. The molecule has 2 heterocycles. The van der Waals surface area contributed by atoms with E-state index in [0.29, 0.717) is 12.1 Å². The van der Waals surface area contributed by atoms with Crippen LogP contribution in [-0.4, -0.2) is 24.0 Å². The molecule has 0 saturated heterocycles. The van der Waals surface area contributed by atoms with E-state index in [0.717, 1.165) is 18.8 Å². The van der Waals surface area contributed by atoms with Crippen molar-refractivity contribution >= 4 is 23.1 Å². The summed E-state index contributed by atoms with van der Waals surface area (Å²) in [6.07, 6.45) is 2.46. The number of nitrogens with one attached hydrogen (secondary N) is 2. The Kier molecular flexibility index (Phi) is 4.92. The van der Waals surface area contributed by atoms with E-state index in [1.807, 2.05) is 24.4 Å². The van der Waals surface area contributed by atoms with Gasteiger partial charge in [0.1, 0.15) is 5.82 Å². The van der Waals surface area contributed by atoms with Crippen molar-refractivity contribution in [1.29, 1.82) is 0 Å². The largest absolute Gasteiger partial charge is 0.370 e. The second-order valence-corrected chi connectivity index (χ2v) is 5.08. The monoisotopic (exact) mass is 275 g/mol. The van der Waals surface area contributed by atoms with Gasteiger partial charge in [-0.25, -0.2) is 4.98 Å². The van der Waals surface area contributed by atoms with E-state index >= 15 is 0 Å². The number of rotatable bonds is 6. The zero-order valence-corrected chi connectivity index (χ0v) is 11.7. The summed E-state index contributed by atoms with van der Waals surface area (Å²) in [6.45, 7) is 3.47. The summed E-state index contributed by atoms with van der Waals surface area (Å²) in [5.41, 5.74) is 0.591. The fraction of sp³-hybridized carbons (Fsp3) is 0.286. The van der Waals surface area contributed by atoms with E-state index in [-0.39, 0.29) is 5.91 Å². The molecule has 0 radical (unpaired) electrons. The number of aromatic nitrogens is 1. The fourth-order valence-electron chi connectivity index (χ4n) is 1.67. The number of pyridine rings is 1. The Morgan fingerprint density at radius 3 is 2.89 bits per heavy atom. The third kappa shape index (κ3) is 4.06. The maximum Gasteiger partial charge on any atom is 0.252 e. The molecule has 0 spiro atoms. The minimum Gasteiger partial charge on any atom is -0.370 e. The molecule has 2 aromatic heterocycles. The van der Waals surface area contributed by atoms with Crippen LogP contribution in [0.25, 0.3) is 0 Å². The van der Waals surface area contributed by atoms with Gasteiger partial charge in [-0.15, -0.1) is 11.3 Å². The first-order chi connectivity index (χ1) is 9.29. The molecule has 0 aromatic carbocycles. The Morgan fingerprint density at radius 1 is 1.37 bits per heavy atom. The normalized spacial score (nSPS) is 10.2. The third-order valence-electron chi connectivity index (χ3n) is 2.62. The second-order valence-electron chi connectivity index (χ2n) is 4.05. The van der Waals surface area contributed by atoms with Crippen LogP contribution in [0.5, 0.6) is 0 Å². The molecule has 1 amide bonds. The molecule has 100 valence electrons. The summed E-state index contributed by atoms with van der Waals surface area (Å²) < 4.78 is 0. The van der Waals surface area contributed by atoms with Crippen LogP contribution < -0.4 is 10.6 Å². The van der Waals surface area contributed by atoms with Gasteiger partial charge in [0.2, 0.25) is 0 Å². The summed E-state index contributed by atoms with van der Waals surface area (Å²) in [7, 11) is 0. The van der Waals surface area contributed by atoms with E-state index < -0.39 is 0 Å². The van der Waals surface area contributed by atoms with E-state index in [9.17, 15) is 4.79 Å². The van der Waals surface area contributed by atoms with Crippen molar-refractivity contribution in [3.63, 3.8) is 0 Å². The quantitative estimate of drug-likeness (QED) is 0.852. The highest BCUT2D eigenvalue weighted by molar-refractivity contribution is 7.09. The lowest BCUT2D eigenvalue weighted by Gasteiger charge is -2.05. The Labute approximate surface area is 116 Å². The first-order valence-corrected chi connectivity index (χ1v) is 7.18. The zero-order valence-electron chi connectivity index (χ0n) is 10.8. The predicted molar refractivity (Wildman–Crippen MR) is 78.8 cm³/mol. The van der Waals surface area contributed by atoms with Gasteiger partial charge in [-0.3, -0.25) is 4.79 Å². The summed E-state index contributed by atoms with van der Waals surface area (Å²) in [4.78, 5) is 17.3. The number of amides is 1. The van der Waals surface area contributed by atoms with Gasteiger partial charge in [0.15, 0.2) is 0 Å². The van der Waals surface area contributed by atoms with Crippen LogP contribution in [0.2, 0.25) is 0 Å². The standard InChI is InChI=1S/C14H17N3OS/c1-2-15-13-6-5-11(10-17-13)14(18)16-8-7-12-4-3-9-19-12/h3-6,9-10H,2,7-8H2,1H3,(H,15,17)(H,16,18). The average Bonchev–Trinajstić information content (AvgIpc) is 2.93. The molecule has 0 atom stereocenters. The molecule has 4 nitrogen and oxygen atoms in total. The lowest BCUT2D eigenvalue weighted by atomic mass is 10.2. The minimum atomic E-state index is -0.0768. The molecule has 2 rings (SSSR count). The molecule has 0 fully saturated rings. The lowest BCUT2D eigenvalue weighted by Crippen LogP contribution is -2.25. The summed E-state index contributed by atoms with van der Waals surface area (Å²) in [6, 6.07) is 7.69. The third-order valence-corrected chi connectivity index (χ3v) is 3.56. The van der Waals surface area contributed by atoms with Gasteiger partial charge in [-0.2, -0.15) is 0 Å². The van der Waals surface area contributed by atoms with Gasteiger partial charge in [0.05, 0.1) is 5.56 Å². The van der Waals surface area contributed by atoms with Crippen molar-refractivity contribution < 1.29 is 4.79 Å². The zero-order chi connectivity index (χ0) is 13.5. The van der Waals surface area contributed by atoms with Crippen molar-refractivity contribution in [1.82, 2.24) is 10.3 Å². The number of hydrogen-bond donors (Lipinski definition) is 2. The summed E-state index contributed by atoms with van der Waals surface area (Å²) in [5, 5.41) is 8.03. The molecule has 5 heteroatoms. The predicted octanol–water partition coefficient (Wildman–Crippen LogP) is 2.55. The van der Waals surface area contributed by atoms with Gasteiger partial charge in [-0.1, -0.05) is 6.07 Å². The Bertz CT molecular complexity index is 508. The van der Waals surface area contributed by atoms with Crippen LogP contribution in [0.15, 0.2) is 35.8 Å². The molecule has 0 aliphatic heterocycles. The van der Waals surface area contributed by atoms with Crippen LogP contribution >= 0.6 is 11.3 Å². The highest BCUT2D eigenvalue weighted by Crippen LogP contribution is 2.08. The fourth-order valence-corrected chi connectivity index (χ4v) is 2.38. The van der Waals surface area contributed by atoms with Crippen molar-refractivity contribution in [2.24, 2.45) is 0 Å². The van der Waals surface area contributed by atoms with E-state index in [1.54, 1.807) is 23.6 Å². The van der Waals surface area contributed by atoms with Crippen LogP contribution in [0.1, 0.15) is 22.2 Å². The van der Waals surface area contributed by atoms with E-state index in [1.165, 1.54) is 4.88 Å². The molecule has 0 saturated carbocycles. The molecule has 0 aliphatic rings. The maximum absolute atomic E-state index is 11.9. The number of carbonyl (C=O) groups is 1. The van der Waals surface area contributed by atoms with Crippen LogP contribution in [0.3, 0.4) is 0 Å². The molecule has 0 unspecified atom stereocenters. The molecule has 2 N–H and O–H groups in total. The summed E-state index contributed by atoms with van der Waals surface area (Å²) >= 11 is 1.71. The minimum absolute atomic E-state index is 0.0768. The molecular formula is C14H17N3OS. The highest BCUT2D eigenvalue weighted by atomic mass is 32.1. The van der Waals surface area contributed by atoms with Crippen molar-refractivity contribution in [3.8, 4) is 0 Å². The number of thiophene rings is 1. The molecular weight excluding hydrogens is 258 g/mol. The average molecular weight is 275 g/mol. The SMILES string of the molecule is CCNc1ccc(C(=O)NCCc2cccs2)cn1. The number of hydrogen-bond acceptors (Lipinski definition) is 4. The molecule has 2 aromatic rings. The van der Waals surface area contributed by atoms with Crippen molar-refractivity contribution in [2.75, 3.05) is 18.4 Å². The lowest BCUT2D eigenvalue weighted by molar-refractivity contribution is 0.0954. The maximum atomic E-state index is 11.9. The van der Waals surface area contributed by atoms with Gasteiger partial charge < -0.3 is 10.6 Å². The van der Waals surface area contributed by atoms with Gasteiger partial charge >= 0.3 is 0 Å². The topological polar surface area (TPSA) is 54.0 Å². The molecule has 0 aliphatic carbocycles. The first-order valence-electron chi connectivity index (χ1n) is 6.30. The van der Waals surface area contributed by atoms with E-state index in [4.69, 9.17) is 0 Å². The number of nitrogens with zero attached hydrogens (tertiary/aromatic N) is 1. The van der Waals surface area contributed by atoms with Crippen LogP contribution in [-0.2, 0) is 6.42 Å². The van der Waals surface area contributed by atoms with Gasteiger partial charge in [0, 0.05) is 24.2 Å². The van der Waals surface area contributed by atoms with Crippen molar-refractivity contribution in [2.45, 2.75) is 13.3 Å². The highest BCUT2D eigenvalue weighted by Gasteiger charge is 2.05. The molecule has 0 bridgehead atoms. The Balaban J connectivity index is 1.82. The Morgan fingerprint density at radius 2 is 2.26 bits per heavy atom. The number of carbonyl (C=O) groups excluding carboxylic acids is 1. The second kappa shape index (κ2) is 6.89. The van der Waals surface area contributed by atoms with Crippen molar-refractivity contribution in [3.05, 3.63) is 46.3 Å². The molecule has 19 heavy (non-hydrogen) atoms. The number of anilines is 1. The van der Waals surface area contributed by atoms with E-state index in [2.05, 4.69) is 21.7 Å². The van der Waals surface area contributed by atoms with Crippen LogP contribution in [0, 0.1) is 0 Å².